The van der Waals surface area contributed by atoms with Gasteiger partial charge in [-0.1, -0.05) is 48.5 Å². The van der Waals surface area contributed by atoms with Gasteiger partial charge < -0.3 is 14.6 Å². The lowest BCUT2D eigenvalue weighted by Crippen LogP contribution is -2.53. The lowest BCUT2D eigenvalue weighted by molar-refractivity contribution is -0.149. The molecule has 2 N–H and O–H groups in total. The minimum Gasteiger partial charge on any atom is -0.480 e. The van der Waals surface area contributed by atoms with Crippen molar-refractivity contribution in [2.75, 3.05) is 18.1 Å². The summed E-state index contributed by atoms with van der Waals surface area (Å²) in [6.07, 6.45) is 0.148. The molecule has 0 saturated heterocycles. The molecule has 0 aromatic heterocycles. The highest BCUT2D eigenvalue weighted by atomic mass is 16.5. The highest BCUT2D eigenvalue weighted by molar-refractivity contribution is 6.02. The predicted octanol–water partition coefficient (Wildman–Crippen LogP) is 2.63. The van der Waals surface area contributed by atoms with Crippen LogP contribution < -0.4 is 10.2 Å². The van der Waals surface area contributed by atoms with Crippen LogP contribution in [0.1, 0.15) is 43.9 Å². The fourth-order valence-corrected chi connectivity index (χ4v) is 4.21. The van der Waals surface area contributed by atoms with E-state index in [4.69, 9.17) is 9.47 Å². The Labute approximate surface area is 204 Å². The van der Waals surface area contributed by atoms with Crippen LogP contribution in [0.2, 0.25) is 0 Å². The first kappa shape index (κ1) is 25.9. The van der Waals surface area contributed by atoms with Crippen LogP contribution in [-0.4, -0.2) is 54.2 Å². The van der Waals surface area contributed by atoms with E-state index < -0.39 is 48.5 Å². The molecular formula is C26H30N2O7. The average Bonchev–Trinajstić information content (AvgIpc) is 2.93. The Morgan fingerprint density at radius 2 is 1.80 bits per heavy atom. The topological polar surface area (TPSA) is 122 Å². The molecule has 1 amide bonds. The van der Waals surface area contributed by atoms with E-state index in [0.717, 1.165) is 10.5 Å². The normalized spacial score (nSPS) is 18.2. The van der Waals surface area contributed by atoms with Gasteiger partial charge in [0.05, 0.1) is 18.3 Å². The largest absolute Gasteiger partial charge is 0.480 e. The molecule has 0 fully saturated rings. The minimum atomic E-state index is -1.19. The molecule has 0 spiro atoms. The minimum absolute atomic E-state index is 0.0345. The number of carbonyl (C=O) groups is 4. The number of amides is 1. The van der Waals surface area contributed by atoms with Crippen LogP contribution in [-0.2, 0) is 35.1 Å². The van der Waals surface area contributed by atoms with Crippen LogP contribution in [0.15, 0.2) is 54.6 Å². The third kappa shape index (κ3) is 6.89. The molecule has 2 aromatic carbocycles. The number of carboxylic acid groups (broad SMARTS) is 1. The number of benzene rings is 2. The van der Waals surface area contributed by atoms with Gasteiger partial charge in [-0.05, 0) is 31.4 Å². The van der Waals surface area contributed by atoms with Crippen molar-refractivity contribution in [3.05, 3.63) is 65.7 Å². The molecule has 2 unspecified atom stereocenters. The van der Waals surface area contributed by atoms with Crippen LogP contribution in [0.4, 0.5) is 5.69 Å². The van der Waals surface area contributed by atoms with Crippen LogP contribution >= 0.6 is 0 Å². The van der Waals surface area contributed by atoms with Gasteiger partial charge in [0, 0.05) is 18.9 Å². The molecule has 1 aliphatic rings. The molecule has 3 rings (SSSR count). The van der Waals surface area contributed by atoms with Gasteiger partial charge in [-0.3, -0.25) is 29.4 Å². The molecule has 2 aromatic rings. The lowest BCUT2D eigenvalue weighted by atomic mass is 10.00. The molecule has 35 heavy (non-hydrogen) atoms. The van der Waals surface area contributed by atoms with Crippen molar-refractivity contribution < 1.29 is 33.8 Å². The number of para-hydroxylation sites is 1. The number of aryl methyl sites for hydroxylation is 1. The Hall–Kier alpha value is -3.72. The van der Waals surface area contributed by atoms with Crippen molar-refractivity contribution in [2.24, 2.45) is 0 Å². The molecule has 0 bridgehead atoms. The summed E-state index contributed by atoms with van der Waals surface area (Å²) >= 11 is 0. The monoisotopic (exact) mass is 482 g/mol. The predicted molar refractivity (Wildman–Crippen MR) is 128 cm³/mol. The fourth-order valence-electron chi connectivity index (χ4n) is 4.21. The maximum Gasteiger partial charge on any atom is 0.323 e. The van der Waals surface area contributed by atoms with E-state index in [0.29, 0.717) is 24.1 Å². The number of hydrogen-bond acceptors (Lipinski definition) is 7. The summed E-state index contributed by atoms with van der Waals surface area (Å²) in [5.41, 5.74) is 1.90. The van der Waals surface area contributed by atoms with Crippen molar-refractivity contribution in [2.45, 2.75) is 51.3 Å². The molecule has 9 heteroatoms. The molecule has 1 heterocycles. The van der Waals surface area contributed by atoms with E-state index >= 15 is 0 Å². The molecular weight excluding hydrogens is 452 g/mol. The fraction of sp³-hybridized carbons (Fsp3) is 0.385. The van der Waals surface area contributed by atoms with E-state index in [9.17, 15) is 24.3 Å². The van der Waals surface area contributed by atoms with Crippen LogP contribution in [0.3, 0.4) is 0 Å². The van der Waals surface area contributed by atoms with Gasteiger partial charge in [0.2, 0.25) is 5.91 Å². The molecule has 3 atom stereocenters. The Bertz CT molecular complexity index is 1060. The Kier molecular flexibility index (Phi) is 8.97. The van der Waals surface area contributed by atoms with Crippen LogP contribution in [0, 0.1) is 0 Å². The van der Waals surface area contributed by atoms with Gasteiger partial charge >= 0.3 is 17.9 Å². The Balaban J connectivity index is 1.93. The molecule has 0 radical (unpaired) electrons. The van der Waals surface area contributed by atoms with Gasteiger partial charge in [0.15, 0.2) is 0 Å². The number of anilines is 1. The molecule has 1 aliphatic heterocycles. The molecule has 0 aliphatic carbocycles. The number of esters is 2. The number of hydrogen-bond donors (Lipinski definition) is 2. The zero-order valence-corrected chi connectivity index (χ0v) is 19.8. The first-order valence-electron chi connectivity index (χ1n) is 11.6. The smallest absolute Gasteiger partial charge is 0.323 e. The van der Waals surface area contributed by atoms with E-state index in [1.54, 1.807) is 31.2 Å². The van der Waals surface area contributed by atoms with Crippen molar-refractivity contribution in [1.29, 1.82) is 0 Å². The van der Waals surface area contributed by atoms with E-state index in [2.05, 4.69) is 5.32 Å². The second-order valence-electron chi connectivity index (χ2n) is 8.26. The molecule has 186 valence electrons. The van der Waals surface area contributed by atoms with Crippen LogP contribution in [0.5, 0.6) is 0 Å². The average molecular weight is 483 g/mol. The number of aliphatic carboxylic acids is 1. The number of ether oxygens (including phenoxy) is 2. The molecule has 9 nitrogen and oxygen atoms in total. The number of nitrogens with zero attached hydrogens (tertiary/aromatic N) is 1. The standard InChI is InChI=1S/C26H30N2O7/c1-3-34-26(33)20(14-13-18-9-5-4-6-10-18)27-21-15-23(35-17(2)29)19-11-7-8-12-22(19)28(25(21)32)16-24(30)31/h4-12,20-21,23,27H,3,13-16H2,1-2H3,(H,30,31)/t20?,21-,23?/m0/s1. The zero-order valence-electron chi connectivity index (χ0n) is 19.8. The zero-order chi connectivity index (χ0) is 25.4. The SMILES string of the molecule is CCOC(=O)C(CCc1ccccc1)N[C@H]1CC(OC(C)=O)c2ccccc2N(CC(=O)O)C1=O. The van der Waals surface area contributed by atoms with E-state index in [1.807, 2.05) is 30.3 Å². The first-order valence-corrected chi connectivity index (χ1v) is 11.6. The highest BCUT2D eigenvalue weighted by Gasteiger charge is 2.39. The Morgan fingerprint density at radius 1 is 1.11 bits per heavy atom. The number of carbonyl (C=O) groups excluding carboxylic acids is 3. The second kappa shape index (κ2) is 12.1. The lowest BCUT2D eigenvalue weighted by Gasteiger charge is -2.27. The highest BCUT2D eigenvalue weighted by Crippen LogP contribution is 2.36. The third-order valence-electron chi connectivity index (χ3n) is 5.73. The van der Waals surface area contributed by atoms with Crippen molar-refractivity contribution in [1.82, 2.24) is 5.32 Å². The summed E-state index contributed by atoms with van der Waals surface area (Å²) in [6, 6.07) is 14.5. The van der Waals surface area contributed by atoms with Gasteiger partial charge in [0.1, 0.15) is 18.7 Å². The summed E-state index contributed by atoms with van der Waals surface area (Å²) in [7, 11) is 0. The van der Waals surface area contributed by atoms with Gasteiger partial charge in [-0.25, -0.2) is 0 Å². The van der Waals surface area contributed by atoms with E-state index in [-0.39, 0.29) is 13.0 Å². The van der Waals surface area contributed by atoms with Crippen molar-refractivity contribution in [3.8, 4) is 0 Å². The maximum atomic E-state index is 13.6. The number of carboxylic acids is 1. The summed E-state index contributed by atoms with van der Waals surface area (Å²) in [5.74, 6) is -2.76. The van der Waals surface area contributed by atoms with Crippen molar-refractivity contribution in [3.63, 3.8) is 0 Å². The first-order chi connectivity index (χ1) is 16.8. The summed E-state index contributed by atoms with van der Waals surface area (Å²) in [4.78, 5) is 51.0. The number of fused-ring (bicyclic) bond motifs is 1. The summed E-state index contributed by atoms with van der Waals surface area (Å²) in [5, 5.41) is 12.6. The van der Waals surface area contributed by atoms with Gasteiger partial charge in [-0.15, -0.1) is 0 Å². The second-order valence-corrected chi connectivity index (χ2v) is 8.26. The quantitative estimate of drug-likeness (QED) is 0.496. The third-order valence-corrected chi connectivity index (χ3v) is 5.73. The van der Waals surface area contributed by atoms with Gasteiger partial charge in [-0.2, -0.15) is 0 Å². The molecule has 0 saturated carbocycles. The van der Waals surface area contributed by atoms with E-state index in [1.165, 1.54) is 6.92 Å². The van der Waals surface area contributed by atoms with Gasteiger partial charge in [0.25, 0.3) is 0 Å². The number of rotatable bonds is 10. The summed E-state index contributed by atoms with van der Waals surface area (Å²) in [6.45, 7) is 2.57. The van der Waals surface area contributed by atoms with Crippen LogP contribution in [0.25, 0.3) is 0 Å². The van der Waals surface area contributed by atoms with Crippen molar-refractivity contribution >= 4 is 29.5 Å². The number of nitrogens with one attached hydrogen (secondary N) is 1. The Morgan fingerprint density at radius 3 is 2.46 bits per heavy atom. The summed E-state index contributed by atoms with van der Waals surface area (Å²) < 4.78 is 10.8. The maximum absolute atomic E-state index is 13.6.